The van der Waals surface area contributed by atoms with Gasteiger partial charge in [0.25, 0.3) is 0 Å². The van der Waals surface area contributed by atoms with Gasteiger partial charge in [0.15, 0.2) is 0 Å². The SMILES string of the molecule is C#CC(NC(=O)N1CCSCC1CC(=O)O)C(C)C. The standard InChI is InChI=1S/C13H20N2O3S/c1-4-11(9(2)3)14-13(18)15-5-6-19-8-10(15)7-12(16)17/h1,9-11H,5-8H2,2-3H3,(H,14,18)(H,16,17). The number of terminal acetylenes is 1. The third-order valence-corrected chi connectivity index (χ3v) is 4.12. The summed E-state index contributed by atoms with van der Waals surface area (Å²) >= 11 is 1.67. The zero-order valence-electron chi connectivity index (χ0n) is 11.3. The molecule has 5 nitrogen and oxygen atoms in total. The molecule has 1 aliphatic heterocycles. The number of nitrogens with one attached hydrogen (secondary N) is 1. The minimum absolute atomic E-state index is 0.0250. The van der Waals surface area contributed by atoms with Crippen molar-refractivity contribution in [2.45, 2.75) is 32.4 Å². The summed E-state index contributed by atoms with van der Waals surface area (Å²) < 4.78 is 0. The van der Waals surface area contributed by atoms with E-state index in [0.717, 1.165) is 5.75 Å². The summed E-state index contributed by atoms with van der Waals surface area (Å²) in [4.78, 5) is 24.6. The van der Waals surface area contributed by atoms with Gasteiger partial charge >= 0.3 is 12.0 Å². The van der Waals surface area contributed by atoms with Crippen molar-refractivity contribution in [3.05, 3.63) is 0 Å². The Bertz CT molecular complexity index is 379. The van der Waals surface area contributed by atoms with Crippen LogP contribution in [0.25, 0.3) is 0 Å². The van der Waals surface area contributed by atoms with Gasteiger partial charge < -0.3 is 15.3 Å². The molecule has 0 bridgehead atoms. The molecule has 0 saturated carbocycles. The summed E-state index contributed by atoms with van der Waals surface area (Å²) in [7, 11) is 0. The molecule has 106 valence electrons. The molecule has 0 aromatic carbocycles. The van der Waals surface area contributed by atoms with E-state index in [1.807, 2.05) is 13.8 Å². The molecule has 0 aromatic rings. The van der Waals surface area contributed by atoms with Gasteiger partial charge in [-0.15, -0.1) is 6.42 Å². The number of amides is 2. The molecular formula is C13H20N2O3S. The fourth-order valence-corrected chi connectivity index (χ4v) is 2.97. The maximum Gasteiger partial charge on any atom is 0.318 e. The molecule has 1 heterocycles. The Balaban J connectivity index is 2.66. The molecule has 0 radical (unpaired) electrons. The van der Waals surface area contributed by atoms with Crippen LogP contribution in [0.3, 0.4) is 0 Å². The summed E-state index contributed by atoms with van der Waals surface area (Å²) in [5.74, 6) is 3.29. The number of carboxylic acid groups (broad SMARTS) is 1. The van der Waals surface area contributed by atoms with E-state index in [-0.39, 0.29) is 30.5 Å². The average molecular weight is 284 g/mol. The first-order valence-electron chi connectivity index (χ1n) is 6.28. The number of hydrogen-bond acceptors (Lipinski definition) is 3. The van der Waals surface area contributed by atoms with Gasteiger partial charge in [0.1, 0.15) is 0 Å². The van der Waals surface area contributed by atoms with E-state index in [1.165, 1.54) is 0 Å². The minimum atomic E-state index is -0.886. The molecule has 2 atom stereocenters. The van der Waals surface area contributed by atoms with Crippen LogP contribution >= 0.6 is 11.8 Å². The van der Waals surface area contributed by atoms with Crippen molar-refractivity contribution in [3.8, 4) is 12.3 Å². The second-order valence-corrected chi connectivity index (χ2v) is 6.01. The number of carboxylic acids is 1. The molecule has 0 aliphatic carbocycles. The van der Waals surface area contributed by atoms with Crippen LogP contribution in [0.2, 0.25) is 0 Å². The van der Waals surface area contributed by atoms with Gasteiger partial charge in [-0.25, -0.2) is 4.79 Å². The highest BCUT2D eigenvalue weighted by molar-refractivity contribution is 7.99. The zero-order chi connectivity index (χ0) is 14.4. The lowest BCUT2D eigenvalue weighted by atomic mass is 10.1. The number of aliphatic carboxylic acids is 1. The number of rotatable bonds is 4. The lowest BCUT2D eigenvalue weighted by molar-refractivity contribution is -0.138. The van der Waals surface area contributed by atoms with E-state index in [1.54, 1.807) is 16.7 Å². The molecule has 19 heavy (non-hydrogen) atoms. The summed E-state index contributed by atoms with van der Waals surface area (Å²) in [6, 6.07) is -0.849. The first-order chi connectivity index (χ1) is 8.95. The number of urea groups is 1. The molecule has 0 aromatic heterocycles. The van der Waals surface area contributed by atoms with E-state index in [9.17, 15) is 9.59 Å². The molecule has 2 unspecified atom stereocenters. The Morgan fingerprint density at radius 1 is 1.58 bits per heavy atom. The highest BCUT2D eigenvalue weighted by Crippen LogP contribution is 2.19. The Morgan fingerprint density at radius 3 is 2.79 bits per heavy atom. The largest absolute Gasteiger partial charge is 0.481 e. The summed E-state index contributed by atoms with van der Waals surface area (Å²) in [6.45, 7) is 4.43. The molecule has 0 spiro atoms. The van der Waals surface area contributed by atoms with Crippen molar-refractivity contribution >= 4 is 23.8 Å². The fourth-order valence-electron chi connectivity index (χ4n) is 1.91. The number of hydrogen-bond donors (Lipinski definition) is 2. The van der Waals surface area contributed by atoms with Crippen LogP contribution in [-0.4, -0.2) is 52.1 Å². The fraction of sp³-hybridized carbons (Fsp3) is 0.692. The van der Waals surface area contributed by atoms with Gasteiger partial charge in [-0.1, -0.05) is 19.8 Å². The molecule has 2 N–H and O–H groups in total. The maximum atomic E-state index is 12.2. The maximum absolute atomic E-state index is 12.2. The molecule has 6 heteroatoms. The van der Waals surface area contributed by atoms with Crippen LogP contribution in [0.5, 0.6) is 0 Å². The van der Waals surface area contributed by atoms with Crippen LogP contribution < -0.4 is 5.32 Å². The van der Waals surface area contributed by atoms with Crippen molar-refractivity contribution in [2.75, 3.05) is 18.1 Å². The van der Waals surface area contributed by atoms with E-state index < -0.39 is 5.97 Å². The van der Waals surface area contributed by atoms with E-state index in [2.05, 4.69) is 11.2 Å². The zero-order valence-corrected chi connectivity index (χ0v) is 12.1. The molecule has 1 saturated heterocycles. The minimum Gasteiger partial charge on any atom is -0.481 e. The predicted octanol–water partition coefficient (Wildman–Crippen LogP) is 1.25. The van der Waals surface area contributed by atoms with E-state index in [4.69, 9.17) is 11.5 Å². The van der Waals surface area contributed by atoms with Gasteiger partial charge in [-0.05, 0) is 5.92 Å². The number of nitrogens with zero attached hydrogens (tertiary/aromatic N) is 1. The quantitative estimate of drug-likeness (QED) is 0.762. The van der Waals surface area contributed by atoms with Crippen molar-refractivity contribution < 1.29 is 14.7 Å². The van der Waals surface area contributed by atoms with Crippen LogP contribution in [0, 0.1) is 18.3 Å². The van der Waals surface area contributed by atoms with Gasteiger partial charge in [-0.3, -0.25) is 4.79 Å². The van der Waals surface area contributed by atoms with Gasteiger partial charge in [-0.2, -0.15) is 11.8 Å². The first kappa shape index (κ1) is 15.7. The molecular weight excluding hydrogens is 264 g/mol. The number of carbonyl (C=O) groups is 2. The van der Waals surface area contributed by atoms with Crippen molar-refractivity contribution in [1.82, 2.24) is 10.2 Å². The van der Waals surface area contributed by atoms with Crippen LogP contribution in [0.1, 0.15) is 20.3 Å². The van der Waals surface area contributed by atoms with Crippen molar-refractivity contribution in [2.24, 2.45) is 5.92 Å². The monoisotopic (exact) mass is 284 g/mol. The predicted molar refractivity (Wildman–Crippen MR) is 76.1 cm³/mol. The van der Waals surface area contributed by atoms with Crippen molar-refractivity contribution in [3.63, 3.8) is 0 Å². The third-order valence-electron chi connectivity index (χ3n) is 3.02. The van der Waals surface area contributed by atoms with E-state index >= 15 is 0 Å². The van der Waals surface area contributed by atoms with Gasteiger partial charge in [0.05, 0.1) is 18.5 Å². The Labute approximate surface area is 118 Å². The summed E-state index contributed by atoms with van der Waals surface area (Å²) in [6.07, 6.45) is 5.36. The summed E-state index contributed by atoms with van der Waals surface area (Å²) in [5.41, 5.74) is 0. The number of thioether (sulfide) groups is 1. The van der Waals surface area contributed by atoms with Gasteiger partial charge in [0, 0.05) is 18.1 Å². The Kier molecular flexibility index (Phi) is 6.03. The lowest BCUT2D eigenvalue weighted by Crippen LogP contribution is -2.53. The topological polar surface area (TPSA) is 69.6 Å². The van der Waals surface area contributed by atoms with Gasteiger partial charge in [0.2, 0.25) is 0 Å². The van der Waals surface area contributed by atoms with Crippen LogP contribution in [0.15, 0.2) is 0 Å². The van der Waals surface area contributed by atoms with Crippen LogP contribution in [0.4, 0.5) is 4.79 Å². The normalized spacial score (nSPS) is 20.7. The second-order valence-electron chi connectivity index (χ2n) is 4.86. The smallest absolute Gasteiger partial charge is 0.318 e. The molecule has 1 rings (SSSR count). The number of carbonyl (C=O) groups excluding carboxylic acids is 1. The Hall–Kier alpha value is -1.35. The highest BCUT2D eigenvalue weighted by atomic mass is 32.2. The highest BCUT2D eigenvalue weighted by Gasteiger charge is 2.30. The molecule has 1 aliphatic rings. The van der Waals surface area contributed by atoms with Crippen LogP contribution in [-0.2, 0) is 4.79 Å². The first-order valence-corrected chi connectivity index (χ1v) is 7.44. The molecule has 1 fully saturated rings. The average Bonchev–Trinajstić information content (AvgIpc) is 2.35. The second kappa shape index (κ2) is 7.29. The molecule has 2 amide bonds. The summed E-state index contributed by atoms with van der Waals surface area (Å²) in [5, 5.41) is 11.7. The third kappa shape index (κ3) is 4.67. The Morgan fingerprint density at radius 2 is 2.26 bits per heavy atom. The van der Waals surface area contributed by atoms with Crippen molar-refractivity contribution in [1.29, 1.82) is 0 Å². The van der Waals surface area contributed by atoms with E-state index in [0.29, 0.717) is 12.3 Å². The lowest BCUT2D eigenvalue weighted by Gasteiger charge is -2.35.